The smallest absolute Gasteiger partial charge is 0.251 e. The third kappa shape index (κ3) is 2.60. The van der Waals surface area contributed by atoms with Gasteiger partial charge in [0.2, 0.25) is 0 Å². The molecule has 2 N–H and O–H groups in total. The van der Waals surface area contributed by atoms with Gasteiger partial charge in [-0.25, -0.2) is 0 Å². The first kappa shape index (κ1) is 12.0. The first-order valence-electron chi connectivity index (χ1n) is 6.19. The number of anilines is 1. The highest BCUT2D eigenvalue weighted by atomic mass is 16.1. The Morgan fingerprint density at radius 1 is 1.35 bits per heavy atom. The van der Waals surface area contributed by atoms with Crippen molar-refractivity contribution in [3.63, 3.8) is 0 Å². The minimum Gasteiger partial charge on any atom is -0.388 e. The van der Waals surface area contributed by atoms with E-state index in [9.17, 15) is 4.79 Å². The molecule has 1 saturated carbocycles. The molecule has 0 bridgehead atoms. The second kappa shape index (κ2) is 4.78. The van der Waals surface area contributed by atoms with Crippen LogP contribution in [-0.4, -0.2) is 19.0 Å². The van der Waals surface area contributed by atoms with Crippen molar-refractivity contribution in [2.24, 2.45) is 5.92 Å². The normalized spacial score (nSPS) is 22.8. The Hall–Kier alpha value is -1.51. The van der Waals surface area contributed by atoms with Gasteiger partial charge in [-0.05, 0) is 49.4 Å². The summed E-state index contributed by atoms with van der Waals surface area (Å²) in [6.07, 6.45) is 2.22. The number of carbonyl (C=O) groups is 1. The highest BCUT2D eigenvalue weighted by molar-refractivity contribution is 5.96. The van der Waals surface area contributed by atoms with Crippen LogP contribution in [0.1, 0.15) is 35.7 Å². The van der Waals surface area contributed by atoms with Crippen LogP contribution in [0.25, 0.3) is 0 Å². The summed E-state index contributed by atoms with van der Waals surface area (Å²) in [4.78, 5) is 12.0. The third-order valence-corrected chi connectivity index (χ3v) is 3.47. The molecule has 0 aliphatic heterocycles. The number of hydrogen-bond acceptors (Lipinski definition) is 2. The number of aryl methyl sites for hydroxylation is 1. The van der Waals surface area contributed by atoms with Crippen molar-refractivity contribution in [1.29, 1.82) is 0 Å². The number of benzene rings is 1. The van der Waals surface area contributed by atoms with Crippen LogP contribution in [0.4, 0.5) is 5.69 Å². The third-order valence-electron chi connectivity index (χ3n) is 3.47. The largest absolute Gasteiger partial charge is 0.388 e. The maximum absolute atomic E-state index is 12.0. The molecule has 1 aliphatic carbocycles. The topological polar surface area (TPSA) is 41.1 Å². The molecule has 17 heavy (non-hydrogen) atoms. The summed E-state index contributed by atoms with van der Waals surface area (Å²) in [6, 6.07) is 6.20. The van der Waals surface area contributed by atoms with E-state index in [0.717, 1.165) is 35.6 Å². The highest BCUT2D eigenvalue weighted by Gasteiger charge is 2.27. The van der Waals surface area contributed by atoms with Crippen molar-refractivity contribution in [2.75, 3.05) is 12.4 Å². The Morgan fingerprint density at radius 3 is 2.59 bits per heavy atom. The average Bonchev–Trinajstić information content (AvgIpc) is 2.26. The molecule has 1 aromatic carbocycles. The summed E-state index contributed by atoms with van der Waals surface area (Å²) >= 11 is 0. The lowest BCUT2D eigenvalue weighted by Gasteiger charge is -2.33. The van der Waals surface area contributed by atoms with Gasteiger partial charge in [0.1, 0.15) is 0 Å². The first-order valence-corrected chi connectivity index (χ1v) is 6.19. The molecule has 0 radical (unpaired) electrons. The quantitative estimate of drug-likeness (QED) is 0.841. The number of amides is 1. The lowest BCUT2D eigenvalue weighted by atomic mass is 9.82. The fourth-order valence-corrected chi connectivity index (χ4v) is 2.36. The van der Waals surface area contributed by atoms with E-state index < -0.39 is 0 Å². The van der Waals surface area contributed by atoms with Crippen molar-refractivity contribution in [2.45, 2.75) is 32.7 Å². The maximum Gasteiger partial charge on any atom is 0.251 e. The van der Waals surface area contributed by atoms with Gasteiger partial charge in [0.25, 0.3) is 5.91 Å². The standard InChI is InChI=1S/C14H20N2O/c1-9-6-12(7-9)16-14(17)13-5-4-11(15-3)8-10(13)2/h4-5,8-9,12,15H,6-7H2,1-3H3,(H,16,17). The molecule has 3 nitrogen and oxygen atoms in total. The number of hydrogen-bond donors (Lipinski definition) is 2. The zero-order valence-electron chi connectivity index (χ0n) is 10.7. The lowest BCUT2D eigenvalue weighted by Crippen LogP contribution is -2.43. The molecule has 92 valence electrons. The second-order valence-electron chi connectivity index (χ2n) is 5.03. The fourth-order valence-electron chi connectivity index (χ4n) is 2.36. The molecule has 0 unspecified atom stereocenters. The van der Waals surface area contributed by atoms with E-state index >= 15 is 0 Å². The molecule has 1 fully saturated rings. The molecule has 0 atom stereocenters. The number of carbonyl (C=O) groups excluding carboxylic acids is 1. The SMILES string of the molecule is CNc1ccc(C(=O)NC2CC(C)C2)c(C)c1. The molecule has 1 amide bonds. The van der Waals surface area contributed by atoms with Gasteiger partial charge in [-0.3, -0.25) is 4.79 Å². The predicted octanol–water partition coefficient (Wildman–Crippen LogP) is 2.57. The van der Waals surface area contributed by atoms with Crippen molar-refractivity contribution >= 4 is 11.6 Å². The van der Waals surface area contributed by atoms with E-state index in [4.69, 9.17) is 0 Å². The van der Waals surface area contributed by atoms with Gasteiger partial charge in [-0.2, -0.15) is 0 Å². The minimum atomic E-state index is 0.0575. The summed E-state index contributed by atoms with van der Waals surface area (Å²) in [6.45, 7) is 4.19. The predicted molar refractivity (Wildman–Crippen MR) is 70.4 cm³/mol. The molecule has 0 aromatic heterocycles. The number of nitrogens with one attached hydrogen (secondary N) is 2. The summed E-state index contributed by atoms with van der Waals surface area (Å²) in [5.74, 6) is 0.815. The van der Waals surface area contributed by atoms with E-state index in [1.807, 2.05) is 32.2 Å². The van der Waals surface area contributed by atoms with Gasteiger partial charge in [0.15, 0.2) is 0 Å². The van der Waals surface area contributed by atoms with Crippen molar-refractivity contribution < 1.29 is 4.79 Å². The maximum atomic E-state index is 12.0. The highest BCUT2D eigenvalue weighted by Crippen LogP contribution is 2.26. The van der Waals surface area contributed by atoms with Crippen LogP contribution in [0.5, 0.6) is 0 Å². The van der Waals surface area contributed by atoms with Gasteiger partial charge in [0.05, 0.1) is 0 Å². The molecule has 0 spiro atoms. The Labute approximate surface area is 103 Å². The molecular weight excluding hydrogens is 212 g/mol. The molecule has 3 heteroatoms. The van der Waals surface area contributed by atoms with Crippen LogP contribution >= 0.6 is 0 Å². The van der Waals surface area contributed by atoms with Crippen LogP contribution < -0.4 is 10.6 Å². The molecular formula is C14H20N2O. The first-order chi connectivity index (χ1) is 8.10. The van der Waals surface area contributed by atoms with Gasteiger partial charge >= 0.3 is 0 Å². The average molecular weight is 232 g/mol. The van der Waals surface area contributed by atoms with Gasteiger partial charge in [0, 0.05) is 24.3 Å². The lowest BCUT2D eigenvalue weighted by molar-refractivity contribution is 0.0895. The van der Waals surface area contributed by atoms with Crippen LogP contribution in [0.15, 0.2) is 18.2 Å². The zero-order chi connectivity index (χ0) is 12.4. The molecule has 2 rings (SSSR count). The van der Waals surface area contributed by atoms with Crippen LogP contribution in [0.3, 0.4) is 0 Å². The van der Waals surface area contributed by atoms with E-state index in [1.54, 1.807) is 0 Å². The minimum absolute atomic E-state index is 0.0575. The summed E-state index contributed by atoms with van der Waals surface area (Å²) in [5.41, 5.74) is 2.83. The van der Waals surface area contributed by atoms with Crippen LogP contribution in [0.2, 0.25) is 0 Å². The summed E-state index contributed by atoms with van der Waals surface area (Å²) in [7, 11) is 1.88. The fraction of sp³-hybridized carbons (Fsp3) is 0.500. The van der Waals surface area contributed by atoms with Crippen LogP contribution in [-0.2, 0) is 0 Å². The molecule has 0 saturated heterocycles. The van der Waals surface area contributed by atoms with Crippen molar-refractivity contribution in [3.8, 4) is 0 Å². The van der Waals surface area contributed by atoms with Gasteiger partial charge in [-0.1, -0.05) is 6.92 Å². The second-order valence-corrected chi connectivity index (χ2v) is 5.03. The van der Waals surface area contributed by atoms with Crippen LogP contribution in [0, 0.1) is 12.8 Å². The molecule has 1 aromatic rings. The van der Waals surface area contributed by atoms with E-state index in [0.29, 0.717) is 6.04 Å². The van der Waals surface area contributed by atoms with E-state index in [1.165, 1.54) is 0 Å². The van der Waals surface area contributed by atoms with Crippen molar-refractivity contribution in [1.82, 2.24) is 5.32 Å². The summed E-state index contributed by atoms with van der Waals surface area (Å²) < 4.78 is 0. The zero-order valence-corrected chi connectivity index (χ0v) is 10.7. The number of rotatable bonds is 3. The van der Waals surface area contributed by atoms with Gasteiger partial charge in [-0.15, -0.1) is 0 Å². The van der Waals surface area contributed by atoms with Gasteiger partial charge < -0.3 is 10.6 Å². The molecule has 1 aliphatic rings. The monoisotopic (exact) mass is 232 g/mol. The Kier molecular flexibility index (Phi) is 3.36. The van der Waals surface area contributed by atoms with E-state index in [2.05, 4.69) is 17.6 Å². The Bertz CT molecular complexity index is 422. The van der Waals surface area contributed by atoms with Crippen molar-refractivity contribution in [3.05, 3.63) is 29.3 Å². The summed E-state index contributed by atoms with van der Waals surface area (Å²) in [5, 5.41) is 6.15. The Morgan fingerprint density at radius 2 is 2.06 bits per heavy atom. The molecule has 0 heterocycles. The van der Waals surface area contributed by atoms with E-state index in [-0.39, 0.29) is 5.91 Å². The Balaban J connectivity index is 2.03.